The van der Waals surface area contributed by atoms with Crippen LogP contribution in [0.3, 0.4) is 0 Å². The van der Waals surface area contributed by atoms with E-state index in [1.165, 1.54) is 25.7 Å². The fourth-order valence-corrected chi connectivity index (χ4v) is 4.20. The van der Waals surface area contributed by atoms with Crippen LogP contribution in [0.25, 0.3) is 22.8 Å². The molecular weight excluding hydrogens is 420 g/mol. The van der Waals surface area contributed by atoms with Crippen LogP contribution in [-0.4, -0.2) is 29.7 Å². The Morgan fingerprint density at radius 2 is 2.10 bits per heavy atom. The molecule has 0 unspecified atom stereocenters. The number of halogens is 1. The van der Waals surface area contributed by atoms with Gasteiger partial charge >= 0.3 is 5.76 Å². The summed E-state index contributed by atoms with van der Waals surface area (Å²) in [7, 11) is 0. The van der Waals surface area contributed by atoms with Crippen molar-refractivity contribution in [1.29, 1.82) is 0 Å². The van der Waals surface area contributed by atoms with E-state index in [0.29, 0.717) is 33.7 Å². The zero-order valence-corrected chi connectivity index (χ0v) is 17.7. The molecule has 3 heterocycles. The molecule has 3 aromatic heterocycles. The van der Waals surface area contributed by atoms with Crippen molar-refractivity contribution in [2.75, 3.05) is 0 Å². The molecule has 1 aromatic carbocycles. The predicted molar refractivity (Wildman–Crippen MR) is 114 cm³/mol. The number of H-pyrrole nitrogens is 1. The number of imidazole rings is 1. The molecule has 9 nitrogen and oxygen atoms in total. The van der Waals surface area contributed by atoms with Gasteiger partial charge in [-0.2, -0.15) is 4.98 Å². The summed E-state index contributed by atoms with van der Waals surface area (Å²) in [6.07, 6.45) is 6.61. The summed E-state index contributed by atoms with van der Waals surface area (Å²) in [5, 5.41) is 4.23. The van der Waals surface area contributed by atoms with Crippen molar-refractivity contribution in [3.05, 3.63) is 46.2 Å². The smallest absolute Gasteiger partial charge is 0.437 e. The van der Waals surface area contributed by atoms with Crippen LogP contribution in [0, 0.1) is 11.8 Å². The Morgan fingerprint density at radius 1 is 1.26 bits per heavy atom. The second-order valence-corrected chi connectivity index (χ2v) is 8.49. The fourth-order valence-electron chi connectivity index (χ4n) is 4.02. The lowest BCUT2D eigenvalue weighted by atomic mass is 9.83. The molecule has 1 saturated carbocycles. The van der Waals surface area contributed by atoms with Crippen LogP contribution in [0.5, 0.6) is 11.6 Å². The third-order valence-electron chi connectivity index (χ3n) is 5.69. The normalized spacial score (nSPS) is 19.0. The summed E-state index contributed by atoms with van der Waals surface area (Å²) in [5.41, 5.74) is 1.14. The highest BCUT2D eigenvalue weighted by atomic mass is 35.5. The first-order valence-corrected chi connectivity index (χ1v) is 10.7. The highest BCUT2D eigenvalue weighted by Crippen LogP contribution is 2.33. The van der Waals surface area contributed by atoms with Crippen LogP contribution in [0.1, 0.15) is 32.6 Å². The average Bonchev–Trinajstić information content (AvgIpc) is 3.36. The number of ether oxygens (including phenoxy) is 1. The zero-order valence-electron chi connectivity index (χ0n) is 16.9. The number of aromatic amines is 1. The predicted octanol–water partition coefficient (Wildman–Crippen LogP) is 4.44. The van der Waals surface area contributed by atoms with Gasteiger partial charge in [-0.05, 0) is 42.9 Å². The minimum absolute atomic E-state index is 0.110. The quantitative estimate of drug-likeness (QED) is 0.488. The lowest BCUT2D eigenvalue weighted by Crippen LogP contribution is -2.17. The number of nitrogens with one attached hydrogen (secondary N) is 1. The van der Waals surface area contributed by atoms with Gasteiger partial charge < -0.3 is 9.30 Å². The Hall–Kier alpha value is -3.20. The summed E-state index contributed by atoms with van der Waals surface area (Å²) < 4.78 is 12.7. The van der Waals surface area contributed by atoms with E-state index in [9.17, 15) is 4.79 Å². The van der Waals surface area contributed by atoms with Gasteiger partial charge in [0.25, 0.3) is 0 Å². The van der Waals surface area contributed by atoms with E-state index in [1.54, 1.807) is 30.6 Å². The van der Waals surface area contributed by atoms with Crippen molar-refractivity contribution in [3.63, 3.8) is 0 Å². The van der Waals surface area contributed by atoms with Gasteiger partial charge in [-0.25, -0.2) is 14.8 Å². The van der Waals surface area contributed by atoms with Crippen molar-refractivity contribution in [3.8, 4) is 23.3 Å². The molecule has 0 atom stereocenters. The Morgan fingerprint density at radius 3 is 2.84 bits per heavy atom. The molecule has 0 radical (unpaired) electrons. The van der Waals surface area contributed by atoms with Crippen LogP contribution < -0.4 is 10.5 Å². The second-order valence-electron chi connectivity index (χ2n) is 8.05. The summed E-state index contributed by atoms with van der Waals surface area (Å²) in [5.74, 6) is 1.78. The SMILES string of the molecule is C[C@H]1CC[C@H](Cn2cnc3nc(-c4noc(=O)[nH]4)nc(Oc4cccc(Cl)c4)c32)CC1. The number of rotatable bonds is 5. The Balaban J connectivity index is 1.57. The van der Waals surface area contributed by atoms with Crippen LogP contribution >= 0.6 is 11.6 Å². The number of fused-ring (bicyclic) bond motifs is 1. The molecule has 160 valence electrons. The van der Waals surface area contributed by atoms with Gasteiger partial charge in [-0.15, -0.1) is 0 Å². The van der Waals surface area contributed by atoms with Crippen LogP contribution in [0.4, 0.5) is 0 Å². The van der Waals surface area contributed by atoms with Gasteiger partial charge in [0.2, 0.25) is 17.5 Å². The standard InChI is InChI=1S/C21H21ClN6O3/c1-12-5-7-13(8-6-12)10-28-11-23-17-16(28)20(30-15-4-2-3-14(22)9-15)25-18(24-17)19-26-21(29)31-27-19/h2-4,9,11-13H,5-8,10H2,1H3,(H,26,27,29)/t12-,13-. The second kappa shape index (κ2) is 8.14. The first kappa shape index (κ1) is 19.7. The minimum Gasteiger partial charge on any atom is -0.437 e. The van der Waals surface area contributed by atoms with Crippen molar-refractivity contribution in [1.82, 2.24) is 29.7 Å². The molecule has 0 spiro atoms. The van der Waals surface area contributed by atoms with Crippen LogP contribution in [0.2, 0.25) is 5.02 Å². The molecular formula is C21H21ClN6O3. The van der Waals surface area contributed by atoms with E-state index in [1.807, 2.05) is 4.57 Å². The number of benzene rings is 1. The molecule has 5 rings (SSSR count). The summed E-state index contributed by atoms with van der Waals surface area (Å²) in [6.45, 7) is 3.13. The fraction of sp³-hybridized carbons (Fsp3) is 0.381. The van der Waals surface area contributed by atoms with E-state index in [2.05, 4.69) is 36.5 Å². The molecule has 1 fully saturated rings. The molecule has 10 heteroatoms. The van der Waals surface area contributed by atoms with E-state index in [-0.39, 0.29) is 11.6 Å². The highest BCUT2D eigenvalue weighted by molar-refractivity contribution is 6.30. The lowest BCUT2D eigenvalue weighted by Gasteiger charge is -2.26. The van der Waals surface area contributed by atoms with E-state index >= 15 is 0 Å². The first-order chi connectivity index (χ1) is 15.0. The van der Waals surface area contributed by atoms with Gasteiger partial charge in [0.1, 0.15) is 5.75 Å². The largest absolute Gasteiger partial charge is 0.439 e. The molecule has 31 heavy (non-hydrogen) atoms. The zero-order chi connectivity index (χ0) is 21.4. The maximum atomic E-state index is 11.4. The maximum Gasteiger partial charge on any atom is 0.439 e. The molecule has 1 aliphatic carbocycles. The monoisotopic (exact) mass is 440 g/mol. The Bertz CT molecular complexity index is 1270. The molecule has 0 saturated heterocycles. The van der Waals surface area contributed by atoms with E-state index in [0.717, 1.165) is 12.5 Å². The third kappa shape index (κ3) is 4.18. The maximum absolute atomic E-state index is 11.4. The van der Waals surface area contributed by atoms with E-state index < -0.39 is 5.76 Å². The number of aromatic nitrogens is 6. The number of hydrogen-bond donors (Lipinski definition) is 1. The summed E-state index contributed by atoms with van der Waals surface area (Å²) in [6, 6.07) is 7.06. The average molecular weight is 441 g/mol. The summed E-state index contributed by atoms with van der Waals surface area (Å²) >= 11 is 6.12. The molecule has 0 amide bonds. The number of nitrogens with zero attached hydrogens (tertiary/aromatic N) is 5. The van der Waals surface area contributed by atoms with Gasteiger partial charge in [0, 0.05) is 11.6 Å². The molecule has 4 aromatic rings. The molecule has 1 aliphatic rings. The van der Waals surface area contributed by atoms with E-state index in [4.69, 9.17) is 16.3 Å². The van der Waals surface area contributed by atoms with Gasteiger partial charge in [-0.1, -0.05) is 42.6 Å². The summed E-state index contributed by atoms with van der Waals surface area (Å²) in [4.78, 5) is 27.3. The molecule has 0 bridgehead atoms. The first-order valence-electron chi connectivity index (χ1n) is 10.3. The highest BCUT2D eigenvalue weighted by Gasteiger charge is 2.23. The van der Waals surface area contributed by atoms with Crippen LogP contribution in [0.15, 0.2) is 39.9 Å². The third-order valence-corrected chi connectivity index (χ3v) is 5.93. The minimum atomic E-state index is -0.687. The molecule has 0 aliphatic heterocycles. The van der Waals surface area contributed by atoms with Crippen molar-refractivity contribution < 1.29 is 9.26 Å². The topological polar surface area (TPSA) is 112 Å². The lowest BCUT2D eigenvalue weighted by molar-refractivity contribution is 0.266. The Kier molecular flexibility index (Phi) is 5.19. The van der Waals surface area contributed by atoms with Crippen molar-refractivity contribution in [2.45, 2.75) is 39.2 Å². The molecule has 1 N–H and O–H groups in total. The van der Waals surface area contributed by atoms with Gasteiger partial charge in [0.05, 0.1) is 6.33 Å². The van der Waals surface area contributed by atoms with Crippen molar-refractivity contribution in [2.24, 2.45) is 11.8 Å². The van der Waals surface area contributed by atoms with Crippen molar-refractivity contribution >= 4 is 22.8 Å². The Labute approximate surface area is 182 Å². The van der Waals surface area contributed by atoms with Gasteiger partial charge in [-0.3, -0.25) is 9.51 Å². The number of hydrogen-bond acceptors (Lipinski definition) is 7. The van der Waals surface area contributed by atoms with Gasteiger partial charge in [0.15, 0.2) is 11.2 Å². The van der Waals surface area contributed by atoms with Crippen LogP contribution in [-0.2, 0) is 6.54 Å².